The van der Waals surface area contributed by atoms with Gasteiger partial charge in [0.1, 0.15) is 0 Å². The summed E-state index contributed by atoms with van der Waals surface area (Å²) in [6.07, 6.45) is 5.22. The molecule has 1 amide bonds. The number of halogens is 1. The lowest BCUT2D eigenvalue weighted by molar-refractivity contribution is -0.136. The molecule has 6 heteroatoms. The molecule has 0 saturated carbocycles. The summed E-state index contributed by atoms with van der Waals surface area (Å²) in [7, 11) is 0. The summed E-state index contributed by atoms with van der Waals surface area (Å²) in [6.45, 7) is 5.55. The van der Waals surface area contributed by atoms with Gasteiger partial charge in [0.05, 0.1) is 17.2 Å². The molecule has 1 aromatic heterocycles. The molecule has 1 atom stereocenters. The zero-order chi connectivity index (χ0) is 18.0. The predicted molar refractivity (Wildman–Crippen MR) is 103 cm³/mol. The highest BCUT2D eigenvalue weighted by molar-refractivity contribution is 9.10. The number of rotatable bonds is 4. The number of carbonyl (C=O) groups excluding carboxylic acids is 1. The normalized spacial score (nSPS) is 18.1. The highest BCUT2D eigenvalue weighted by atomic mass is 79.9. The van der Waals surface area contributed by atoms with Crippen molar-refractivity contribution in [2.45, 2.75) is 52.1 Å². The van der Waals surface area contributed by atoms with Gasteiger partial charge in [0.25, 0.3) is 5.56 Å². The maximum Gasteiger partial charge on any atom is 0.261 e. The molecule has 1 aromatic carbocycles. The highest BCUT2D eigenvalue weighted by Crippen LogP contribution is 2.24. The number of amides is 1. The summed E-state index contributed by atoms with van der Waals surface area (Å²) >= 11 is 3.39. The second-order valence-electron chi connectivity index (χ2n) is 7.05. The molecule has 2 heterocycles. The van der Waals surface area contributed by atoms with E-state index in [0.717, 1.165) is 23.9 Å². The second kappa shape index (κ2) is 7.68. The fraction of sp³-hybridized carbons (Fsp3) is 0.526. The molecule has 1 aliphatic heterocycles. The standard InChI is InChI=1S/C19H24BrN3O2/c1-13(2)17-5-3-4-9-23(17)18(24)8-10-22-12-21-16-7-6-14(20)11-15(16)19(22)25/h6-7,11-13,17H,3-5,8-10H2,1-2H3. The van der Waals surface area contributed by atoms with E-state index in [2.05, 4.69) is 34.8 Å². The van der Waals surface area contributed by atoms with Crippen LogP contribution >= 0.6 is 15.9 Å². The van der Waals surface area contributed by atoms with E-state index in [4.69, 9.17) is 0 Å². The Labute approximate surface area is 156 Å². The van der Waals surface area contributed by atoms with Gasteiger partial charge >= 0.3 is 0 Å². The van der Waals surface area contributed by atoms with Gasteiger partial charge in [-0.15, -0.1) is 0 Å². The van der Waals surface area contributed by atoms with Crippen molar-refractivity contribution in [3.63, 3.8) is 0 Å². The summed E-state index contributed by atoms with van der Waals surface area (Å²) in [4.78, 5) is 31.7. The molecule has 0 bridgehead atoms. The Morgan fingerprint density at radius 1 is 1.36 bits per heavy atom. The van der Waals surface area contributed by atoms with Crippen LogP contribution in [0.1, 0.15) is 39.5 Å². The lowest BCUT2D eigenvalue weighted by atomic mass is 9.92. The Bertz CT molecular complexity index is 831. The molecular weight excluding hydrogens is 382 g/mol. The van der Waals surface area contributed by atoms with Gasteiger partial charge in [0.15, 0.2) is 0 Å². The molecule has 2 aromatic rings. The van der Waals surface area contributed by atoms with Crippen molar-refractivity contribution in [3.8, 4) is 0 Å². The largest absolute Gasteiger partial charge is 0.339 e. The van der Waals surface area contributed by atoms with Crippen LogP contribution in [0.25, 0.3) is 10.9 Å². The number of aromatic nitrogens is 2. The van der Waals surface area contributed by atoms with Crippen molar-refractivity contribution in [2.24, 2.45) is 5.92 Å². The maximum atomic E-state index is 12.7. The molecule has 25 heavy (non-hydrogen) atoms. The smallest absolute Gasteiger partial charge is 0.261 e. The predicted octanol–water partition coefficient (Wildman–Crippen LogP) is 3.59. The molecular formula is C19H24BrN3O2. The minimum absolute atomic E-state index is 0.0989. The Kier molecular flexibility index (Phi) is 5.57. The molecule has 0 aliphatic carbocycles. The Hall–Kier alpha value is -1.69. The molecule has 1 fully saturated rings. The lowest BCUT2D eigenvalue weighted by Gasteiger charge is -2.38. The molecule has 0 N–H and O–H groups in total. The van der Waals surface area contributed by atoms with Crippen molar-refractivity contribution in [1.29, 1.82) is 0 Å². The second-order valence-corrected chi connectivity index (χ2v) is 7.96. The quantitative estimate of drug-likeness (QED) is 0.780. The van der Waals surface area contributed by atoms with Crippen molar-refractivity contribution in [2.75, 3.05) is 6.54 Å². The van der Waals surface area contributed by atoms with E-state index in [1.807, 2.05) is 17.0 Å². The zero-order valence-electron chi connectivity index (χ0n) is 14.7. The van der Waals surface area contributed by atoms with Gasteiger partial charge in [0, 0.05) is 30.0 Å². The average Bonchev–Trinajstić information content (AvgIpc) is 2.61. The van der Waals surface area contributed by atoms with Crippen LogP contribution < -0.4 is 5.56 Å². The van der Waals surface area contributed by atoms with Gasteiger partial charge in [-0.05, 0) is 43.4 Å². The van der Waals surface area contributed by atoms with E-state index < -0.39 is 0 Å². The van der Waals surface area contributed by atoms with E-state index in [9.17, 15) is 9.59 Å². The Morgan fingerprint density at radius 3 is 2.92 bits per heavy atom. The summed E-state index contributed by atoms with van der Waals surface area (Å²) in [5.41, 5.74) is 0.574. The topological polar surface area (TPSA) is 55.2 Å². The SMILES string of the molecule is CC(C)C1CCCCN1C(=O)CCn1cnc2ccc(Br)cc2c1=O. The van der Waals surface area contributed by atoms with Crippen LogP contribution in [0.3, 0.4) is 0 Å². The number of fused-ring (bicyclic) bond motifs is 1. The molecule has 1 unspecified atom stereocenters. The number of hydrogen-bond donors (Lipinski definition) is 0. The summed E-state index contributed by atoms with van der Waals surface area (Å²) in [6, 6.07) is 5.79. The van der Waals surface area contributed by atoms with Gasteiger partial charge in [-0.25, -0.2) is 4.98 Å². The van der Waals surface area contributed by atoms with E-state index in [1.165, 1.54) is 6.42 Å². The molecule has 134 valence electrons. The van der Waals surface area contributed by atoms with Gasteiger partial charge in [-0.1, -0.05) is 29.8 Å². The van der Waals surface area contributed by atoms with E-state index in [0.29, 0.717) is 35.8 Å². The number of benzene rings is 1. The van der Waals surface area contributed by atoms with Crippen molar-refractivity contribution in [1.82, 2.24) is 14.5 Å². The maximum absolute atomic E-state index is 12.7. The molecule has 1 aliphatic rings. The third-order valence-electron chi connectivity index (χ3n) is 4.99. The summed E-state index contributed by atoms with van der Waals surface area (Å²) in [5.74, 6) is 0.603. The van der Waals surface area contributed by atoms with Crippen LogP contribution in [0.2, 0.25) is 0 Å². The fourth-order valence-corrected chi connectivity index (χ4v) is 3.97. The fourth-order valence-electron chi connectivity index (χ4n) is 3.61. The van der Waals surface area contributed by atoms with Gasteiger partial charge in [-0.3, -0.25) is 14.2 Å². The van der Waals surface area contributed by atoms with Crippen molar-refractivity contribution in [3.05, 3.63) is 39.4 Å². The molecule has 5 nitrogen and oxygen atoms in total. The minimum atomic E-state index is -0.0989. The highest BCUT2D eigenvalue weighted by Gasteiger charge is 2.28. The minimum Gasteiger partial charge on any atom is -0.339 e. The van der Waals surface area contributed by atoms with Gasteiger partial charge < -0.3 is 4.90 Å². The molecule has 0 radical (unpaired) electrons. The van der Waals surface area contributed by atoms with E-state index >= 15 is 0 Å². The van der Waals surface area contributed by atoms with Crippen LogP contribution in [0.5, 0.6) is 0 Å². The first kappa shape index (κ1) is 18.1. The molecule has 3 rings (SSSR count). The first-order valence-corrected chi connectivity index (χ1v) is 9.71. The average molecular weight is 406 g/mol. The number of aryl methyl sites for hydroxylation is 1. The third-order valence-corrected chi connectivity index (χ3v) is 5.49. The third kappa shape index (κ3) is 3.94. The van der Waals surface area contributed by atoms with Crippen molar-refractivity contribution < 1.29 is 4.79 Å². The van der Waals surface area contributed by atoms with E-state index in [1.54, 1.807) is 17.0 Å². The summed E-state index contributed by atoms with van der Waals surface area (Å²) < 4.78 is 2.39. The molecule has 1 saturated heterocycles. The number of nitrogens with zero attached hydrogens (tertiary/aromatic N) is 3. The van der Waals surface area contributed by atoms with Crippen LogP contribution in [0.15, 0.2) is 33.8 Å². The van der Waals surface area contributed by atoms with Gasteiger partial charge in [-0.2, -0.15) is 0 Å². The number of hydrogen-bond acceptors (Lipinski definition) is 3. The van der Waals surface area contributed by atoms with Crippen LogP contribution in [0.4, 0.5) is 0 Å². The van der Waals surface area contributed by atoms with Crippen LogP contribution in [0, 0.1) is 5.92 Å². The first-order valence-electron chi connectivity index (χ1n) is 8.91. The summed E-state index contributed by atoms with van der Waals surface area (Å²) in [5, 5.41) is 0.572. The van der Waals surface area contributed by atoms with Gasteiger partial charge in [0.2, 0.25) is 5.91 Å². The van der Waals surface area contributed by atoms with Crippen molar-refractivity contribution >= 4 is 32.7 Å². The Morgan fingerprint density at radius 2 is 2.16 bits per heavy atom. The Balaban J connectivity index is 1.75. The lowest BCUT2D eigenvalue weighted by Crippen LogP contribution is -2.46. The number of piperidine rings is 1. The van der Waals surface area contributed by atoms with Crippen LogP contribution in [-0.4, -0.2) is 32.9 Å². The number of likely N-dealkylation sites (tertiary alicyclic amines) is 1. The van der Waals surface area contributed by atoms with E-state index in [-0.39, 0.29) is 11.5 Å². The first-order chi connectivity index (χ1) is 12.0. The number of carbonyl (C=O) groups is 1. The monoisotopic (exact) mass is 405 g/mol. The zero-order valence-corrected chi connectivity index (χ0v) is 16.3. The molecule has 0 spiro atoms. The van der Waals surface area contributed by atoms with Crippen LogP contribution in [-0.2, 0) is 11.3 Å².